The molecule has 7 rings (SSSR count). The Hall–Kier alpha value is -5.56. The number of rotatable bonds is 5. The zero-order valence-corrected chi connectivity index (χ0v) is 22.1. The number of hydrogen-bond donors (Lipinski definition) is 2. The van der Waals surface area contributed by atoms with Gasteiger partial charge in [0.15, 0.2) is 0 Å². The Kier molecular flexibility index (Phi) is 5.90. The predicted molar refractivity (Wildman–Crippen MR) is 154 cm³/mol. The SMILES string of the molecule is Cc1nnc(-c2ccc(C(=O)N3CCC(Nc4cc5c(-c6c[nH]c7ccccc67)c(C#N)cnc5cn4)C3)cc2)o1. The van der Waals surface area contributed by atoms with E-state index in [0.717, 1.165) is 39.4 Å². The summed E-state index contributed by atoms with van der Waals surface area (Å²) in [5.74, 6) is 1.57. The lowest BCUT2D eigenvalue weighted by molar-refractivity contribution is 0.0791. The van der Waals surface area contributed by atoms with Gasteiger partial charge in [-0.1, -0.05) is 18.2 Å². The number of amides is 1. The molecule has 1 unspecified atom stereocenters. The number of aromatic nitrogens is 5. The minimum atomic E-state index is -0.0292. The smallest absolute Gasteiger partial charge is 0.253 e. The summed E-state index contributed by atoms with van der Waals surface area (Å²) in [5.41, 5.74) is 5.34. The first-order valence-electron chi connectivity index (χ1n) is 13.3. The van der Waals surface area contributed by atoms with Gasteiger partial charge in [0, 0.05) is 77.0 Å². The molecule has 6 aromatic rings. The predicted octanol–water partition coefficient (Wildman–Crippen LogP) is 5.33. The van der Waals surface area contributed by atoms with Gasteiger partial charge >= 0.3 is 0 Å². The highest BCUT2D eigenvalue weighted by atomic mass is 16.4. The van der Waals surface area contributed by atoms with Crippen molar-refractivity contribution in [2.45, 2.75) is 19.4 Å². The second kappa shape index (κ2) is 9.88. The number of carbonyl (C=O) groups is 1. The van der Waals surface area contributed by atoms with Gasteiger partial charge < -0.3 is 19.6 Å². The van der Waals surface area contributed by atoms with E-state index < -0.39 is 0 Å². The molecule has 4 aromatic heterocycles. The van der Waals surface area contributed by atoms with Gasteiger partial charge in [0.25, 0.3) is 5.91 Å². The van der Waals surface area contributed by atoms with Crippen molar-refractivity contribution in [2.24, 2.45) is 0 Å². The van der Waals surface area contributed by atoms with Crippen LogP contribution in [-0.4, -0.2) is 55.1 Å². The van der Waals surface area contributed by atoms with Crippen molar-refractivity contribution >= 4 is 33.5 Å². The van der Waals surface area contributed by atoms with Crippen molar-refractivity contribution in [1.82, 2.24) is 30.0 Å². The molecule has 10 nitrogen and oxygen atoms in total. The number of fused-ring (bicyclic) bond motifs is 2. The zero-order chi connectivity index (χ0) is 27.9. The molecular formula is C31H24N8O2. The Morgan fingerprint density at radius 1 is 1.10 bits per heavy atom. The Morgan fingerprint density at radius 3 is 2.76 bits per heavy atom. The van der Waals surface area contributed by atoms with Crippen LogP contribution < -0.4 is 5.32 Å². The third kappa shape index (κ3) is 4.43. The van der Waals surface area contributed by atoms with Gasteiger partial charge in [-0.05, 0) is 42.8 Å². The van der Waals surface area contributed by atoms with Crippen molar-refractivity contribution in [3.63, 3.8) is 0 Å². The number of nitriles is 1. The van der Waals surface area contributed by atoms with Crippen LogP contribution in [0.15, 0.2) is 77.6 Å². The summed E-state index contributed by atoms with van der Waals surface area (Å²) in [6.07, 6.45) is 6.05. The van der Waals surface area contributed by atoms with Crippen LogP contribution in [0.1, 0.15) is 28.2 Å². The second-order valence-corrected chi connectivity index (χ2v) is 10.1. The average Bonchev–Trinajstić information content (AvgIpc) is 3.76. The molecule has 2 N–H and O–H groups in total. The maximum atomic E-state index is 13.2. The molecule has 0 bridgehead atoms. The molecule has 5 heterocycles. The highest BCUT2D eigenvalue weighted by Gasteiger charge is 2.27. The molecule has 0 radical (unpaired) electrons. The number of anilines is 1. The van der Waals surface area contributed by atoms with E-state index in [2.05, 4.69) is 36.5 Å². The molecule has 1 amide bonds. The fourth-order valence-corrected chi connectivity index (χ4v) is 5.45. The lowest BCUT2D eigenvalue weighted by Crippen LogP contribution is -2.31. The first kappa shape index (κ1) is 24.5. The molecule has 200 valence electrons. The number of nitrogens with one attached hydrogen (secondary N) is 2. The van der Waals surface area contributed by atoms with Gasteiger partial charge in [-0.25, -0.2) is 4.98 Å². The zero-order valence-electron chi connectivity index (χ0n) is 22.1. The Labute approximate surface area is 234 Å². The van der Waals surface area contributed by atoms with Gasteiger partial charge in [-0.3, -0.25) is 9.78 Å². The Balaban J connectivity index is 1.12. The van der Waals surface area contributed by atoms with Crippen molar-refractivity contribution in [3.8, 4) is 28.7 Å². The van der Waals surface area contributed by atoms with Crippen molar-refractivity contribution in [1.29, 1.82) is 5.26 Å². The molecule has 0 aliphatic carbocycles. The van der Waals surface area contributed by atoms with E-state index in [1.54, 1.807) is 31.5 Å². The molecule has 2 aromatic carbocycles. The van der Waals surface area contributed by atoms with Crippen LogP contribution >= 0.6 is 0 Å². The van der Waals surface area contributed by atoms with Gasteiger partial charge in [-0.2, -0.15) is 5.26 Å². The molecule has 1 fully saturated rings. The van der Waals surface area contributed by atoms with E-state index in [1.165, 1.54) is 0 Å². The van der Waals surface area contributed by atoms with Crippen LogP contribution in [0, 0.1) is 18.3 Å². The number of benzene rings is 2. The van der Waals surface area contributed by atoms with E-state index >= 15 is 0 Å². The topological polar surface area (TPSA) is 137 Å². The van der Waals surface area contributed by atoms with Gasteiger partial charge in [-0.15, -0.1) is 10.2 Å². The molecule has 41 heavy (non-hydrogen) atoms. The lowest BCUT2D eigenvalue weighted by Gasteiger charge is -2.18. The normalized spacial score (nSPS) is 14.9. The third-order valence-corrected chi connectivity index (χ3v) is 7.47. The summed E-state index contributed by atoms with van der Waals surface area (Å²) in [7, 11) is 0. The van der Waals surface area contributed by atoms with E-state index in [4.69, 9.17) is 4.42 Å². The molecule has 10 heteroatoms. The van der Waals surface area contributed by atoms with Crippen LogP contribution in [0.2, 0.25) is 0 Å². The van der Waals surface area contributed by atoms with Crippen LogP contribution in [0.4, 0.5) is 5.82 Å². The Morgan fingerprint density at radius 2 is 1.95 bits per heavy atom. The minimum absolute atomic E-state index is 0.0292. The summed E-state index contributed by atoms with van der Waals surface area (Å²) >= 11 is 0. The lowest BCUT2D eigenvalue weighted by atomic mass is 9.97. The summed E-state index contributed by atoms with van der Waals surface area (Å²) in [5, 5.41) is 23.2. The van der Waals surface area contributed by atoms with Gasteiger partial charge in [0.05, 0.1) is 17.3 Å². The highest BCUT2D eigenvalue weighted by molar-refractivity contribution is 6.06. The number of aryl methyl sites for hydroxylation is 1. The van der Waals surface area contributed by atoms with E-state index in [0.29, 0.717) is 47.3 Å². The average molecular weight is 541 g/mol. The fourth-order valence-electron chi connectivity index (χ4n) is 5.45. The molecule has 1 aliphatic heterocycles. The number of likely N-dealkylation sites (tertiary alicyclic amines) is 1. The molecule has 0 saturated carbocycles. The first-order chi connectivity index (χ1) is 20.1. The summed E-state index contributed by atoms with van der Waals surface area (Å²) in [4.78, 5) is 27.4. The van der Waals surface area contributed by atoms with Crippen molar-refractivity contribution < 1.29 is 9.21 Å². The summed E-state index contributed by atoms with van der Waals surface area (Å²) < 4.78 is 5.47. The number of nitrogens with zero attached hydrogens (tertiary/aromatic N) is 6. The maximum Gasteiger partial charge on any atom is 0.253 e. The third-order valence-electron chi connectivity index (χ3n) is 7.47. The van der Waals surface area contributed by atoms with Crippen molar-refractivity contribution in [3.05, 3.63) is 90.2 Å². The number of H-pyrrole nitrogens is 1. The summed E-state index contributed by atoms with van der Waals surface area (Å²) in [6.45, 7) is 2.92. The van der Waals surface area contributed by atoms with Crippen LogP contribution in [0.5, 0.6) is 0 Å². The maximum absolute atomic E-state index is 13.2. The quantitative estimate of drug-likeness (QED) is 0.299. The van der Waals surface area contributed by atoms with Crippen molar-refractivity contribution in [2.75, 3.05) is 18.4 Å². The summed E-state index contributed by atoms with van der Waals surface area (Å²) in [6, 6.07) is 19.5. The monoisotopic (exact) mass is 540 g/mol. The van der Waals surface area contributed by atoms with Gasteiger partial charge in [0.2, 0.25) is 11.8 Å². The molecule has 0 spiro atoms. The minimum Gasteiger partial charge on any atom is -0.421 e. The first-order valence-corrected chi connectivity index (χ1v) is 13.3. The molecule has 1 aliphatic rings. The largest absolute Gasteiger partial charge is 0.421 e. The number of hydrogen-bond acceptors (Lipinski definition) is 8. The van der Waals surface area contributed by atoms with E-state index in [9.17, 15) is 10.1 Å². The fraction of sp³-hybridized carbons (Fsp3) is 0.161. The molecular weight excluding hydrogens is 516 g/mol. The van der Waals surface area contributed by atoms with Gasteiger partial charge in [0.1, 0.15) is 11.9 Å². The van der Waals surface area contributed by atoms with Crippen LogP contribution in [-0.2, 0) is 0 Å². The number of para-hydroxylation sites is 1. The second-order valence-electron chi connectivity index (χ2n) is 10.1. The standard InChI is InChI=1S/C31H24N8O2/c1-18-37-38-30(41-18)19-6-8-20(9-7-19)31(40)39-11-10-22(17-39)36-28-12-24-27(16-35-28)33-14-21(13-32)29(24)25-15-34-26-5-3-2-4-23(25)26/h2-9,12,14-16,22,34H,10-11,17H2,1H3,(H,35,36). The van der Waals surface area contributed by atoms with Crippen LogP contribution in [0.25, 0.3) is 44.4 Å². The van der Waals surface area contributed by atoms with E-state index in [1.807, 2.05) is 53.6 Å². The van der Waals surface area contributed by atoms with E-state index in [-0.39, 0.29) is 11.9 Å². The molecule has 1 saturated heterocycles. The highest BCUT2D eigenvalue weighted by Crippen LogP contribution is 2.36. The molecule has 1 atom stereocenters. The number of carbonyl (C=O) groups excluding carboxylic acids is 1. The van der Waals surface area contributed by atoms with Crippen LogP contribution in [0.3, 0.4) is 0 Å². The number of pyridine rings is 2. The number of aromatic amines is 1. The Bertz CT molecular complexity index is 1970.